The van der Waals surface area contributed by atoms with Crippen molar-refractivity contribution in [3.63, 3.8) is 0 Å². The SMILES string of the molecule is COC(=O)/C=C/C(O)[C@@H]1[C@H]2OC(C)(C)O[C@H]2C[C@H]1/C=C/CCC[C@H](C)O[Si](c1ccccc1)(c1ccccc1)C(C)(C)C. The van der Waals surface area contributed by atoms with E-state index >= 15 is 0 Å². The van der Waals surface area contributed by atoms with Crippen molar-refractivity contribution >= 4 is 24.7 Å². The summed E-state index contributed by atoms with van der Waals surface area (Å²) in [5.74, 6) is -1.30. The van der Waals surface area contributed by atoms with E-state index in [4.69, 9.17) is 18.6 Å². The molecule has 4 rings (SSSR count). The van der Waals surface area contributed by atoms with Crippen LogP contribution < -0.4 is 10.4 Å². The lowest BCUT2D eigenvalue weighted by Gasteiger charge is -2.44. The fraction of sp³-hybridized carbons (Fsp3) is 0.528. The molecule has 0 spiro atoms. The molecule has 2 aliphatic rings. The summed E-state index contributed by atoms with van der Waals surface area (Å²) in [6.45, 7) is 12.9. The molecule has 1 aliphatic carbocycles. The van der Waals surface area contributed by atoms with E-state index in [1.165, 1.54) is 29.6 Å². The molecule has 2 fully saturated rings. The van der Waals surface area contributed by atoms with E-state index in [0.29, 0.717) is 0 Å². The van der Waals surface area contributed by atoms with Crippen LogP contribution in [0.5, 0.6) is 0 Å². The van der Waals surface area contributed by atoms with Crippen molar-refractivity contribution in [1.29, 1.82) is 0 Å². The van der Waals surface area contributed by atoms with E-state index in [0.717, 1.165) is 25.7 Å². The van der Waals surface area contributed by atoms with E-state index in [1.54, 1.807) is 0 Å². The number of hydrogen-bond donors (Lipinski definition) is 1. The van der Waals surface area contributed by atoms with Gasteiger partial charge in [-0.1, -0.05) is 93.6 Å². The average Bonchev–Trinajstić information content (AvgIpc) is 3.45. The second kappa shape index (κ2) is 14.0. The Kier molecular flexibility index (Phi) is 10.9. The number of ether oxygens (including phenoxy) is 3. The maximum Gasteiger partial charge on any atom is 0.330 e. The van der Waals surface area contributed by atoms with Crippen molar-refractivity contribution in [2.75, 3.05) is 7.11 Å². The number of unbranched alkanes of at least 4 members (excludes halogenated alkanes) is 1. The van der Waals surface area contributed by atoms with E-state index in [2.05, 4.69) is 101 Å². The summed E-state index contributed by atoms with van der Waals surface area (Å²) in [6.07, 6.45) is 9.75. The third-order valence-corrected chi connectivity index (χ3v) is 13.9. The quantitative estimate of drug-likeness (QED) is 0.106. The van der Waals surface area contributed by atoms with Gasteiger partial charge in [0.2, 0.25) is 0 Å². The van der Waals surface area contributed by atoms with Crippen LogP contribution >= 0.6 is 0 Å². The predicted octanol–water partition coefficient (Wildman–Crippen LogP) is 5.92. The zero-order chi connectivity index (χ0) is 31.3. The molecule has 0 bridgehead atoms. The van der Waals surface area contributed by atoms with Gasteiger partial charge in [-0.15, -0.1) is 0 Å². The number of aliphatic hydroxyl groups excluding tert-OH is 1. The number of methoxy groups -OCH3 is 1. The van der Waals surface area contributed by atoms with Crippen LogP contribution in [0.3, 0.4) is 0 Å². The fourth-order valence-corrected chi connectivity index (χ4v) is 11.7. The van der Waals surface area contributed by atoms with Gasteiger partial charge in [-0.2, -0.15) is 0 Å². The van der Waals surface area contributed by atoms with Gasteiger partial charge in [-0.3, -0.25) is 0 Å². The minimum atomic E-state index is -2.58. The Balaban J connectivity index is 1.42. The Morgan fingerprint density at radius 1 is 1.07 bits per heavy atom. The van der Waals surface area contributed by atoms with Gasteiger partial charge in [0, 0.05) is 18.1 Å². The lowest BCUT2D eigenvalue weighted by Crippen LogP contribution is -2.67. The Morgan fingerprint density at radius 3 is 2.23 bits per heavy atom. The molecular weight excluding hydrogens is 556 g/mol. The van der Waals surface area contributed by atoms with Gasteiger partial charge in [0.25, 0.3) is 8.32 Å². The van der Waals surface area contributed by atoms with Gasteiger partial charge >= 0.3 is 5.97 Å². The molecular formula is C36H50O6Si. The first-order chi connectivity index (χ1) is 20.4. The third-order valence-electron chi connectivity index (χ3n) is 8.78. The summed E-state index contributed by atoms with van der Waals surface area (Å²) in [5, 5.41) is 13.6. The Hall–Kier alpha value is -2.55. The van der Waals surface area contributed by atoms with Crippen LogP contribution in [0, 0.1) is 11.8 Å². The van der Waals surface area contributed by atoms with Gasteiger partial charge in [-0.25, -0.2) is 4.79 Å². The van der Waals surface area contributed by atoms with E-state index in [9.17, 15) is 9.90 Å². The van der Waals surface area contributed by atoms with E-state index in [-0.39, 0.29) is 35.2 Å². The van der Waals surface area contributed by atoms with Crippen LogP contribution in [0.25, 0.3) is 0 Å². The standard InChI is InChI=1S/C36H50O6Si/c1-26(42-43(35(2,3)4,28-19-13-9-14-20-28)29-21-15-10-16-22-29)17-11-8-12-18-27-25-31-34(41-36(5,6)40-31)33(27)30(37)23-24-32(38)39-7/h9-10,12-16,18-24,26-27,30-31,33-34,37H,8,11,17,25H2,1-7H3/b18-12+,24-23+/t26-,27+,30?,31-,33+,34-/m0/s1. The lowest BCUT2D eigenvalue weighted by atomic mass is 9.88. The van der Waals surface area contributed by atoms with Crippen LogP contribution in [0.4, 0.5) is 0 Å². The molecule has 1 saturated carbocycles. The Labute approximate surface area is 259 Å². The zero-order valence-electron chi connectivity index (χ0n) is 26.9. The number of hydrogen-bond acceptors (Lipinski definition) is 6. The minimum absolute atomic E-state index is 0.0543. The molecule has 0 amide bonds. The molecule has 1 heterocycles. The molecule has 2 aromatic carbocycles. The summed E-state index contributed by atoms with van der Waals surface area (Å²) in [5.41, 5.74) is 0. The summed E-state index contributed by atoms with van der Waals surface area (Å²) in [6, 6.07) is 21.6. The number of benzene rings is 2. The molecule has 43 heavy (non-hydrogen) atoms. The van der Waals surface area contributed by atoms with Crippen molar-refractivity contribution in [2.24, 2.45) is 11.8 Å². The molecule has 6 atom stereocenters. The zero-order valence-corrected chi connectivity index (χ0v) is 27.9. The Bertz CT molecular complexity index is 1200. The summed E-state index contributed by atoms with van der Waals surface area (Å²) < 4.78 is 24.3. The normalized spacial score (nSPS) is 25.2. The molecule has 1 saturated heterocycles. The molecule has 234 valence electrons. The number of rotatable bonds is 12. The van der Waals surface area contributed by atoms with Gasteiger partial charge in [0.15, 0.2) is 5.79 Å². The molecule has 1 N–H and O–H groups in total. The van der Waals surface area contributed by atoms with Gasteiger partial charge in [0.05, 0.1) is 25.4 Å². The molecule has 2 aromatic rings. The fourth-order valence-electron chi connectivity index (χ4n) is 6.91. The van der Waals surface area contributed by atoms with Crippen LogP contribution in [0.1, 0.15) is 67.2 Å². The van der Waals surface area contributed by atoms with Crippen molar-refractivity contribution in [3.8, 4) is 0 Å². The summed E-state index contributed by atoms with van der Waals surface area (Å²) in [7, 11) is -1.25. The summed E-state index contributed by atoms with van der Waals surface area (Å²) in [4.78, 5) is 11.6. The number of fused-ring (bicyclic) bond motifs is 1. The molecule has 0 aromatic heterocycles. The van der Waals surface area contributed by atoms with Crippen LogP contribution in [-0.4, -0.2) is 56.7 Å². The van der Waals surface area contributed by atoms with Crippen LogP contribution in [0.2, 0.25) is 5.04 Å². The second-order valence-corrected chi connectivity index (χ2v) is 17.7. The molecule has 0 radical (unpaired) electrons. The van der Waals surface area contributed by atoms with Gasteiger partial charge < -0.3 is 23.7 Å². The van der Waals surface area contributed by atoms with Crippen molar-refractivity contribution < 1.29 is 28.5 Å². The number of carbonyl (C=O) groups is 1. The highest BCUT2D eigenvalue weighted by Crippen LogP contribution is 2.47. The smallest absolute Gasteiger partial charge is 0.330 e. The van der Waals surface area contributed by atoms with Crippen LogP contribution in [0.15, 0.2) is 85.0 Å². The van der Waals surface area contributed by atoms with Gasteiger partial charge in [-0.05, 0) is 73.9 Å². The number of aliphatic hydroxyl groups is 1. The van der Waals surface area contributed by atoms with Crippen LogP contribution in [-0.2, 0) is 23.4 Å². The number of allylic oxidation sites excluding steroid dienone is 2. The average molecular weight is 607 g/mol. The molecule has 7 heteroatoms. The van der Waals surface area contributed by atoms with E-state index in [1.807, 2.05) is 13.8 Å². The van der Waals surface area contributed by atoms with Crippen molar-refractivity contribution in [1.82, 2.24) is 0 Å². The van der Waals surface area contributed by atoms with Crippen molar-refractivity contribution in [3.05, 3.63) is 85.0 Å². The van der Waals surface area contributed by atoms with E-state index < -0.39 is 26.2 Å². The highest BCUT2D eigenvalue weighted by molar-refractivity contribution is 6.99. The van der Waals surface area contributed by atoms with Crippen molar-refractivity contribution in [2.45, 2.75) is 102 Å². The molecule has 1 aliphatic heterocycles. The minimum Gasteiger partial charge on any atom is -0.466 e. The predicted molar refractivity (Wildman–Crippen MR) is 174 cm³/mol. The number of carbonyl (C=O) groups excluding carboxylic acids is 1. The first-order valence-electron chi connectivity index (χ1n) is 15.6. The third kappa shape index (κ3) is 7.76. The largest absolute Gasteiger partial charge is 0.466 e. The molecule has 1 unspecified atom stereocenters. The maximum absolute atomic E-state index is 11.6. The highest BCUT2D eigenvalue weighted by Gasteiger charge is 2.54. The number of esters is 1. The lowest BCUT2D eigenvalue weighted by molar-refractivity contribution is -0.162. The maximum atomic E-state index is 11.6. The first kappa shape index (κ1) is 33.3. The van der Waals surface area contributed by atoms with Gasteiger partial charge in [0.1, 0.15) is 0 Å². The monoisotopic (exact) mass is 606 g/mol. The highest BCUT2D eigenvalue weighted by atomic mass is 28.4. The topological polar surface area (TPSA) is 74.2 Å². The Morgan fingerprint density at radius 2 is 1.67 bits per heavy atom. The second-order valence-electron chi connectivity index (χ2n) is 13.4. The first-order valence-corrected chi connectivity index (χ1v) is 17.5. The summed E-state index contributed by atoms with van der Waals surface area (Å²) >= 11 is 0. The molecule has 6 nitrogen and oxygen atoms in total.